The van der Waals surface area contributed by atoms with Gasteiger partial charge in [0, 0.05) is 4.43 Å². The van der Waals surface area contributed by atoms with Crippen molar-refractivity contribution in [3.05, 3.63) is 35.4 Å². The molecule has 0 saturated carbocycles. The lowest BCUT2D eigenvalue weighted by molar-refractivity contribution is 0.354. The Bertz CT molecular complexity index is 413. The van der Waals surface area contributed by atoms with Crippen LogP contribution in [0.5, 0.6) is 11.5 Å². The van der Waals surface area contributed by atoms with Crippen LogP contribution in [0.1, 0.15) is 31.7 Å². The molecular weight excluding hydrogens is 351 g/mol. The molecule has 0 aliphatic heterocycles. The Morgan fingerprint density at radius 1 is 1.21 bits per heavy atom. The van der Waals surface area contributed by atoms with E-state index >= 15 is 0 Å². The number of rotatable bonds is 8. The molecule has 3 heteroatoms. The minimum Gasteiger partial charge on any atom is -0.493 e. The van der Waals surface area contributed by atoms with Gasteiger partial charge in [0.05, 0.1) is 14.2 Å². The summed E-state index contributed by atoms with van der Waals surface area (Å²) in [6, 6.07) is 6.15. The normalized spacial score (nSPS) is 11.5. The van der Waals surface area contributed by atoms with Crippen LogP contribution in [0.4, 0.5) is 0 Å². The molecule has 0 fully saturated rings. The molecule has 2 nitrogen and oxygen atoms in total. The van der Waals surface area contributed by atoms with Gasteiger partial charge in [-0.25, -0.2) is 0 Å². The van der Waals surface area contributed by atoms with Gasteiger partial charge in [0.2, 0.25) is 0 Å². The number of aryl methyl sites for hydroxylation is 1. The van der Waals surface area contributed by atoms with E-state index in [1.165, 1.54) is 16.4 Å². The zero-order chi connectivity index (χ0) is 14.1. The predicted octanol–water partition coefficient (Wildman–Crippen LogP) is 4.80. The van der Waals surface area contributed by atoms with Gasteiger partial charge in [0.1, 0.15) is 0 Å². The van der Waals surface area contributed by atoms with Gasteiger partial charge in [0.25, 0.3) is 0 Å². The molecule has 1 aromatic rings. The van der Waals surface area contributed by atoms with E-state index in [4.69, 9.17) is 9.47 Å². The molecule has 1 rings (SSSR count). The molecule has 0 saturated heterocycles. The van der Waals surface area contributed by atoms with Gasteiger partial charge in [-0.05, 0) is 43.4 Å². The Morgan fingerprint density at radius 2 is 1.95 bits per heavy atom. The van der Waals surface area contributed by atoms with Gasteiger partial charge in [-0.1, -0.05) is 47.2 Å². The maximum absolute atomic E-state index is 5.32. The molecule has 0 aromatic heterocycles. The minimum atomic E-state index is 0.793. The van der Waals surface area contributed by atoms with E-state index in [1.807, 2.05) is 6.07 Å². The molecule has 1 aromatic carbocycles. The highest BCUT2D eigenvalue weighted by atomic mass is 127. The summed E-state index contributed by atoms with van der Waals surface area (Å²) >= 11 is 2.44. The van der Waals surface area contributed by atoms with Crippen LogP contribution in [0, 0.1) is 0 Å². The van der Waals surface area contributed by atoms with Crippen molar-refractivity contribution in [2.24, 2.45) is 0 Å². The summed E-state index contributed by atoms with van der Waals surface area (Å²) in [6.07, 6.45) is 6.90. The summed E-state index contributed by atoms with van der Waals surface area (Å²) < 4.78 is 11.8. The highest BCUT2D eigenvalue weighted by molar-refractivity contribution is 14.1. The Balaban J connectivity index is 2.62. The van der Waals surface area contributed by atoms with Crippen LogP contribution in [0.15, 0.2) is 29.8 Å². The van der Waals surface area contributed by atoms with Crippen molar-refractivity contribution in [3.8, 4) is 11.5 Å². The van der Waals surface area contributed by atoms with Crippen molar-refractivity contribution in [2.45, 2.75) is 32.6 Å². The second kappa shape index (κ2) is 9.23. The smallest absolute Gasteiger partial charge is 0.160 e. The number of methoxy groups -OCH3 is 2. The molecular formula is C16H23IO2. The predicted molar refractivity (Wildman–Crippen MR) is 89.7 cm³/mol. The zero-order valence-electron chi connectivity index (χ0n) is 12.0. The molecule has 106 valence electrons. The Kier molecular flexibility index (Phi) is 7.94. The highest BCUT2D eigenvalue weighted by Crippen LogP contribution is 2.28. The van der Waals surface area contributed by atoms with E-state index in [-0.39, 0.29) is 0 Å². The van der Waals surface area contributed by atoms with Gasteiger partial charge < -0.3 is 9.47 Å². The fraction of sp³-hybridized carbons (Fsp3) is 0.500. The Morgan fingerprint density at radius 3 is 2.53 bits per heavy atom. The third-order valence-electron chi connectivity index (χ3n) is 3.18. The first-order valence-electron chi connectivity index (χ1n) is 6.69. The molecule has 19 heavy (non-hydrogen) atoms. The first-order chi connectivity index (χ1) is 9.24. The van der Waals surface area contributed by atoms with Crippen LogP contribution < -0.4 is 9.47 Å². The van der Waals surface area contributed by atoms with Crippen molar-refractivity contribution >= 4 is 22.6 Å². The summed E-state index contributed by atoms with van der Waals surface area (Å²) in [5.41, 5.74) is 2.86. The van der Waals surface area contributed by atoms with E-state index in [0.717, 1.165) is 30.8 Å². The van der Waals surface area contributed by atoms with Crippen LogP contribution in [0.3, 0.4) is 0 Å². The first-order valence-corrected chi connectivity index (χ1v) is 8.22. The molecule has 0 unspecified atom stereocenters. The lowest BCUT2D eigenvalue weighted by Gasteiger charge is -2.09. The summed E-state index contributed by atoms with van der Waals surface area (Å²) in [7, 11) is 3.34. The largest absolute Gasteiger partial charge is 0.493 e. The minimum absolute atomic E-state index is 0.793. The van der Waals surface area contributed by atoms with E-state index in [2.05, 4.69) is 47.7 Å². The van der Waals surface area contributed by atoms with E-state index < -0.39 is 0 Å². The number of benzene rings is 1. The van der Waals surface area contributed by atoms with Gasteiger partial charge in [-0.2, -0.15) is 0 Å². The number of hydrogen-bond donors (Lipinski definition) is 0. The van der Waals surface area contributed by atoms with Crippen molar-refractivity contribution in [3.63, 3.8) is 0 Å². The van der Waals surface area contributed by atoms with Crippen molar-refractivity contribution in [1.29, 1.82) is 0 Å². The Hall–Kier alpha value is -0.710. The van der Waals surface area contributed by atoms with Crippen LogP contribution in [0.25, 0.3) is 0 Å². The summed E-state index contributed by atoms with van der Waals surface area (Å²) in [6.45, 7) is 2.23. The third kappa shape index (κ3) is 5.43. The van der Waals surface area contributed by atoms with E-state index in [0.29, 0.717) is 0 Å². The van der Waals surface area contributed by atoms with Crippen molar-refractivity contribution < 1.29 is 9.47 Å². The molecule has 0 heterocycles. The van der Waals surface area contributed by atoms with E-state index in [1.54, 1.807) is 19.8 Å². The highest BCUT2D eigenvalue weighted by Gasteiger charge is 2.04. The number of halogens is 1. The Labute approximate surface area is 130 Å². The van der Waals surface area contributed by atoms with Crippen molar-refractivity contribution in [1.82, 2.24) is 0 Å². The number of ether oxygens (including phenoxy) is 2. The summed E-state index contributed by atoms with van der Waals surface area (Å²) in [5, 5.41) is 0. The van der Waals surface area contributed by atoms with Crippen molar-refractivity contribution in [2.75, 3.05) is 18.6 Å². The van der Waals surface area contributed by atoms with Crippen LogP contribution >= 0.6 is 22.6 Å². The van der Waals surface area contributed by atoms with Gasteiger partial charge in [-0.3, -0.25) is 0 Å². The summed E-state index contributed by atoms with van der Waals surface area (Å²) in [5.74, 6) is 1.60. The topological polar surface area (TPSA) is 18.5 Å². The average Bonchev–Trinajstić information content (AvgIpc) is 2.46. The first kappa shape index (κ1) is 16.3. The summed E-state index contributed by atoms with van der Waals surface area (Å²) in [4.78, 5) is 0. The zero-order valence-corrected chi connectivity index (χ0v) is 14.2. The molecule has 0 bridgehead atoms. The standard InChI is InChI=1S/C16H23IO2/c1-4-13(10-11-17)6-5-7-14-8-9-15(18-2)16(12-14)19-3/h6,8-9,12H,4-5,7,10-11H2,1-3H3. The molecule has 0 atom stereocenters. The molecule has 0 aliphatic carbocycles. The molecule has 0 spiro atoms. The fourth-order valence-corrected chi connectivity index (χ4v) is 2.72. The third-order valence-corrected chi connectivity index (χ3v) is 3.72. The van der Waals surface area contributed by atoms with Gasteiger partial charge >= 0.3 is 0 Å². The van der Waals surface area contributed by atoms with Crippen LogP contribution in [-0.2, 0) is 6.42 Å². The number of hydrogen-bond acceptors (Lipinski definition) is 2. The second-order valence-electron chi connectivity index (χ2n) is 4.38. The number of alkyl halides is 1. The van der Waals surface area contributed by atoms with Crippen LogP contribution in [0.2, 0.25) is 0 Å². The molecule has 0 aliphatic rings. The quantitative estimate of drug-likeness (QED) is 0.370. The lowest BCUT2D eigenvalue weighted by Crippen LogP contribution is -1.93. The second-order valence-corrected chi connectivity index (χ2v) is 5.46. The monoisotopic (exact) mass is 374 g/mol. The van der Waals surface area contributed by atoms with Gasteiger partial charge in [0.15, 0.2) is 11.5 Å². The molecule has 0 radical (unpaired) electrons. The maximum atomic E-state index is 5.32. The maximum Gasteiger partial charge on any atom is 0.160 e. The van der Waals surface area contributed by atoms with E-state index in [9.17, 15) is 0 Å². The fourth-order valence-electron chi connectivity index (χ4n) is 2.02. The van der Waals surface area contributed by atoms with Crippen LogP contribution in [-0.4, -0.2) is 18.6 Å². The SMILES string of the molecule is CCC(=CCCc1ccc(OC)c(OC)c1)CCI. The number of allylic oxidation sites excluding steroid dienone is 2. The molecule has 0 amide bonds. The average molecular weight is 374 g/mol. The van der Waals surface area contributed by atoms with Gasteiger partial charge in [-0.15, -0.1) is 0 Å². The molecule has 0 N–H and O–H groups in total. The lowest BCUT2D eigenvalue weighted by atomic mass is 10.1.